The van der Waals surface area contributed by atoms with Gasteiger partial charge in [-0.2, -0.15) is 0 Å². The number of benzene rings is 1. The summed E-state index contributed by atoms with van der Waals surface area (Å²) in [6, 6.07) is 4.92. The summed E-state index contributed by atoms with van der Waals surface area (Å²) in [5.74, 6) is 0. The molecule has 2 aliphatic rings. The topological polar surface area (TPSA) is 29.1 Å². The molecule has 0 bridgehead atoms. The van der Waals surface area contributed by atoms with Crippen LogP contribution in [0.3, 0.4) is 0 Å². The van der Waals surface area contributed by atoms with Crippen molar-refractivity contribution in [2.45, 2.75) is 68.6 Å². The highest BCUT2D eigenvalue weighted by Gasteiger charge is 2.38. The average Bonchev–Trinajstić information content (AvgIpc) is 3.00. The Morgan fingerprint density at radius 2 is 1.95 bits per heavy atom. The third-order valence-electron chi connectivity index (χ3n) is 4.61. The molecular formula is C17H25NOS. The Labute approximate surface area is 124 Å². The summed E-state index contributed by atoms with van der Waals surface area (Å²) >= 11 is 0. The van der Waals surface area contributed by atoms with Crippen LogP contribution in [0.15, 0.2) is 17.0 Å². The third-order valence-corrected chi connectivity index (χ3v) is 6.46. The number of aryl methyl sites for hydroxylation is 2. The van der Waals surface area contributed by atoms with E-state index in [2.05, 4.69) is 31.3 Å². The van der Waals surface area contributed by atoms with Crippen LogP contribution in [-0.2, 0) is 23.6 Å². The summed E-state index contributed by atoms with van der Waals surface area (Å²) < 4.78 is 12.8. The van der Waals surface area contributed by atoms with Gasteiger partial charge >= 0.3 is 0 Å². The van der Waals surface area contributed by atoms with E-state index in [1.165, 1.54) is 36.0 Å². The summed E-state index contributed by atoms with van der Waals surface area (Å²) in [6.07, 6.45) is 6.92. The second-order valence-corrected chi connectivity index (χ2v) is 7.71. The van der Waals surface area contributed by atoms with Gasteiger partial charge in [0.15, 0.2) is 0 Å². The first kappa shape index (κ1) is 14.3. The summed E-state index contributed by atoms with van der Waals surface area (Å²) in [7, 11) is -0.824. The van der Waals surface area contributed by atoms with Crippen molar-refractivity contribution in [1.29, 1.82) is 0 Å². The van der Waals surface area contributed by atoms with Gasteiger partial charge in [0.05, 0.1) is 16.0 Å². The fourth-order valence-electron chi connectivity index (χ4n) is 3.62. The molecule has 0 saturated carbocycles. The van der Waals surface area contributed by atoms with Gasteiger partial charge in [-0.05, 0) is 61.4 Å². The van der Waals surface area contributed by atoms with Crippen molar-refractivity contribution >= 4 is 10.8 Å². The lowest BCUT2D eigenvalue weighted by Crippen LogP contribution is -2.30. The van der Waals surface area contributed by atoms with E-state index in [0.29, 0.717) is 6.04 Å². The van der Waals surface area contributed by atoms with Crippen molar-refractivity contribution in [3.63, 3.8) is 0 Å². The molecule has 0 aromatic heterocycles. The molecule has 0 saturated heterocycles. The zero-order valence-electron chi connectivity index (χ0n) is 12.6. The van der Waals surface area contributed by atoms with Gasteiger partial charge in [-0.25, -0.2) is 0 Å². The summed E-state index contributed by atoms with van der Waals surface area (Å²) in [5.41, 5.74) is 4.28. The highest BCUT2D eigenvalue weighted by molar-refractivity contribution is 7.86. The van der Waals surface area contributed by atoms with Crippen LogP contribution in [0.5, 0.6) is 0 Å². The molecule has 2 nitrogen and oxygen atoms in total. The maximum Gasteiger partial charge on any atom is 0.0590 e. The molecule has 1 heterocycles. The van der Waals surface area contributed by atoms with Gasteiger partial charge in [-0.1, -0.05) is 26.3 Å². The van der Waals surface area contributed by atoms with E-state index in [9.17, 15) is 4.21 Å². The van der Waals surface area contributed by atoms with E-state index >= 15 is 0 Å². The Kier molecular flexibility index (Phi) is 4.27. The standard InChI is InChI=1S/C17H25NOS/c1-3-6-15-17(18-9-4-2)14-10-12-7-5-8-13(12)11-16(14)20(15)19/h10-11,15,17-18H,3-9H2,1-2H3. The first-order chi connectivity index (χ1) is 9.76. The second kappa shape index (κ2) is 5.98. The normalized spacial score (nSPS) is 27.6. The number of hydrogen-bond acceptors (Lipinski definition) is 2. The third kappa shape index (κ3) is 2.35. The van der Waals surface area contributed by atoms with Crippen LogP contribution in [0.2, 0.25) is 0 Å². The highest BCUT2D eigenvalue weighted by Crippen LogP contribution is 2.41. The molecule has 0 amide bonds. The Morgan fingerprint density at radius 3 is 2.65 bits per heavy atom. The number of hydrogen-bond donors (Lipinski definition) is 1. The second-order valence-electron chi connectivity index (χ2n) is 6.07. The van der Waals surface area contributed by atoms with Crippen LogP contribution < -0.4 is 5.32 Å². The molecule has 1 aromatic rings. The average molecular weight is 291 g/mol. The quantitative estimate of drug-likeness (QED) is 0.899. The summed E-state index contributed by atoms with van der Waals surface area (Å²) in [5, 5.41) is 3.92. The van der Waals surface area contributed by atoms with Gasteiger partial charge in [0.1, 0.15) is 0 Å². The maximum atomic E-state index is 12.8. The Morgan fingerprint density at radius 1 is 1.20 bits per heavy atom. The molecule has 1 aromatic carbocycles. The molecule has 3 heteroatoms. The van der Waals surface area contributed by atoms with Gasteiger partial charge < -0.3 is 5.32 Å². The van der Waals surface area contributed by atoms with Crippen LogP contribution in [0.4, 0.5) is 0 Å². The lowest BCUT2D eigenvalue weighted by molar-refractivity contribution is 0.492. The molecule has 1 aliphatic carbocycles. The van der Waals surface area contributed by atoms with Crippen molar-refractivity contribution in [3.8, 4) is 0 Å². The molecule has 0 radical (unpaired) electrons. The highest BCUT2D eigenvalue weighted by atomic mass is 32.2. The number of fused-ring (bicyclic) bond motifs is 2. The minimum Gasteiger partial charge on any atom is -0.309 e. The van der Waals surface area contributed by atoms with Crippen LogP contribution in [0, 0.1) is 0 Å². The largest absolute Gasteiger partial charge is 0.309 e. The zero-order valence-corrected chi connectivity index (χ0v) is 13.4. The fourth-order valence-corrected chi connectivity index (χ4v) is 5.57. The molecule has 0 spiro atoms. The van der Waals surface area contributed by atoms with E-state index in [4.69, 9.17) is 0 Å². The van der Waals surface area contributed by atoms with Crippen molar-refractivity contribution in [3.05, 3.63) is 28.8 Å². The predicted molar refractivity (Wildman–Crippen MR) is 84.6 cm³/mol. The monoisotopic (exact) mass is 291 g/mol. The Hall–Kier alpha value is -0.670. The fraction of sp³-hybridized carbons (Fsp3) is 0.647. The molecule has 3 unspecified atom stereocenters. The molecule has 3 rings (SSSR count). The Bertz CT molecular complexity index is 526. The van der Waals surface area contributed by atoms with Gasteiger partial charge in [-0.3, -0.25) is 4.21 Å². The van der Waals surface area contributed by atoms with Crippen LogP contribution in [0.25, 0.3) is 0 Å². The van der Waals surface area contributed by atoms with Gasteiger partial charge in [-0.15, -0.1) is 0 Å². The minimum atomic E-state index is -0.824. The van der Waals surface area contributed by atoms with Crippen LogP contribution in [0.1, 0.15) is 62.3 Å². The van der Waals surface area contributed by atoms with Gasteiger partial charge in [0, 0.05) is 10.9 Å². The van der Waals surface area contributed by atoms with E-state index in [-0.39, 0.29) is 5.25 Å². The molecule has 3 atom stereocenters. The number of nitrogens with one attached hydrogen (secondary N) is 1. The first-order valence-corrected chi connectivity index (χ1v) is 9.27. The van der Waals surface area contributed by atoms with Crippen molar-refractivity contribution in [1.82, 2.24) is 5.32 Å². The van der Waals surface area contributed by atoms with E-state index in [1.807, 2.05) is 0 Å². The zero-order chi connectivity index (χ0) is 14.1. The van der Waals surface area contributed by atoms with E-state index in [1.54, 1.807) is 0 Å². The van der Waals surface area contributed by atoms with Crippen LogP contribution in [-0.4, -0.2) is 16.0 Å². The molecule has 1 aliphatic heterocycles. The van der Waals surface area contributed by atoms with Gasteiger partial charge in [0.2, 0.25) is 0 Å². The molecule has 20 heavy (non-hydrogen) atoms. The number of rotatable bonds is 5. The van der Waals surface area contributed by atoms with Crippen LogP contribution >= 0.6 is 0 Å². The molecule has 0 fully saturated rings. The lowest BCUT2D eigenvalue weighted by Gasteiger charge is -2.20. The van der Waals surface area contributed by atoms with Crippen molar-refractivity contribution < 1.29 is 4.21 Å². The summed E-state index contributed by atoms with van der Waals surface area (Å²) in [6.45, 7) is 5.40. The first-order valence-electron chi connectivity index (χ1n) is 8.05. The smallest absolute Gasteiger partial charge is 0.0590 e. The minimum absolute atomic E-state index is 0.268. The molecule has 110 valence electrons. The van der Waals surface area contributed by atoms with E-state index < -0.39 is 10.8 Å². The molecular weight excluding hydrogens is 266 g/mol. The predicted octanol–water partition coefficient (Wildman–Crippen LogP) is 3.51. The van der Waals surface area contributed by atoms with Crippen molar-refractivity contribution in [2.24, 2.45) is 0 Å². The lowest BCUT2D eigenvalue weighted by atomic mass is 9.97. The Balaban J connectivity index is 1.98. The SMILES string of the molecule is CCCNC1c2cc3c(cc2S(=O)C1CCC)CCC3. The van der Waals surface area contributed by atoms with E-state index in [0.717, 1.165) is 30.7 Å². The molecule has 1 N–H and O–H groups in total. The van der Waals surface area contributed by atoms with Crippen molar-refractivity contribution in [2.75, 3.05) is 6.54 Å². The maximum absolute atomic E-state index is 12.8. The summed E-state index contributed by atoms with van der Waals surface area (Å²) in [4.78, 5) is 1.12. The van der Waals surface area contributed by atoms with Gasteiger partial charge in [0.25, 0.3) is 0 Å².